The second-order valence-electron chi connectivity index (χ2n) is 3.62. The monoisotopic (exact) mass is 266 g/mol. The second-order valence-corrected chi connectivity index (χ2v) is 3.62. The van der Waals surface area contributed by atoms with Crippen molar-refractivity contribution >= 4 is 17.3 Å². The lowest BCUT2D eigenvalue weighted by Gasteiger charge is -2.19. The van der Waals surface area contributed by atoms with Crippen molar-refractivity contribution in [2.24, 2.45) is 0 Å². The van der Waals surface area contributed by atoms with Crippen LogP contribution in [0.2, 0.25) is 0 Å². The summed E-state index contributed by atoms with van der Waals surface area (Å²) in [6.45, 7) is 1.33. The van der Waals surface area contributed by atoms with Crippen molar-refractivity contribution in [2.75, 3.05) is 21.3 Å². The number of carbonyl (C=O) groups excluding carboxylic acids is 3. The average molecular weight is 266 g/mol. The molecule has 0 radical (unpaired) electrons. The molecule has 0 bridgehead atoms. The first-order valence-corrected chi connectivity index (χ1v) is 5.36. The van der Waals surface area contributed by atoms with Crippen LogP contribution in [-0.4, -0.2) is 38.7 Å². The van der Waals surface area contributed by atoms with Gasteiger partial charge in [-0.2, -0.15) is 0 Å². The summed E-state index contributed by atoms with van der Waals surface area (Å²) in [6, 6.07) is 0. The van der Waals surface area contributed by atoms with Gasteiger partial charge in [-0.3, -0.25) is 14.4 Å². The maximum Gasteiger partial charge on any atom is 0.266 e. The molecule has 1 rings (SSSR count). The molecule has 0 saturated heterocycles. The number of carbonyl (C=O) groups is 3. The van der Waals surface area contributed by atoms with Gasteiger partial charge in [-0.25, -0.2) is 0 Å². The van der Waals surface area contributed by atoms with Crippen LogP contribution in [0.4, 0.5) is 0 Å². The van der Waals surface area contributed by atoms with Crippen LogP contribution < -0.4 is 0 Å². The van der Waals surface area contributed by atoms with Crippen LogP contribution in [-0.2, 0) is 28.6 Å². The fourth-order valence-corrected chi connectivity index (χ4v) is 1.58. The normalized spacial score (nSPS) is 16.2. The van der Waals surface area contributed by atoms with Crippen LogP contribution in [0.5, 0.6) is 0 Å². The first kappa shape index (κ1) is 14.7. The molecule has 0 fully saturated rings. The van der Waals surface area contributed by atoms with E-state index in [0.29, 0.717) is 0 Å². The van der Waals surface area contributed by atoms with Gasteiger partial charge in [0.2, 0.25) is 17.3 Å². The molecule has 0 aromatic rings. The zero-order valence-electron chi connectivity index (χ0n) is 11.1. The van der Waals surface area contributed by atoms with E-state index in [1.807, 2.05) is 0 Å². The van der Waals surface area contributed by atoms with E-state index in [0.717, 1.165) is 0 Å². The molecule has 1 aliphatic rings. The first-order chi connectivity index (χ1) is 8.97. The third kappa shape index (κ3) is 2.73. The van der Waals surface area contributed by atoms with Gasteiger partial charge < -0.3 is 14.2 Å². The molecule has 6 nitrogen and oxygen atoms in total. The highest BCUT2D eigenvalue weighted by Crippen LogP contribution is 2.26. The first-order valence-electron chi connectivity index (χ1n) is 5.36. The summed E-state index contributed by atoms with van der Waals surface area (Å²) in [5, 5.41) is 0. The molecule has 0 N–H and O–H groups in total. The van der Waals surface area contributed by atoms with E-state index >= 15 is 0 Å². The Balaban J connectivity index is 3.39. The highest BCUT2D eigenvalue weighted by molar-refractivity contribution is 6.24. The molecule has 1 aliphatic carbocycles. The quantitative estimate of drug-likeness (QED) is 0.538. The molecule has 102 valence electrons. The number of Topliss-reactive ketones (excluding diaryl/α,β-unsaturated/α-hetero) is 2. The lowest BCUT2D eigenvalue weighted by molar-refractivity contribution is -0.123. The molecular formula is C13H14O6. The van der Waals surface area contributed by atoms with Crippen molar-refractivity contribution < 1.29 is 28.6 Å². The maximum absolute atomic E-state index is 12.1. The van der Waals surface area contributed by atoms with Crippen LogP contribution in [0.1, 0.15) is 6.92 Å². The van der Waals surface area contributed by atoms with E-state index in [2.05, 4.69) is 0 Å². The standard InChI is InChI=1S/C13H14O6/c1-7(14)5-6-8-9(15)12(18-3)13(19-4)10(16)11(8)17-2/h5-6H,1-4H3/b6-5+. The minimum absolute atomic E-state index is 0.0413. The summed E-state index contributed by atoms with van der Waals surface area (Å²) >= 11 is 0. The van der Waals surface area contributed by atoms with E-state index in [-0.39, 0.29) is 28.6 Å². The van der Waals surface area contributed by atoms with Crippen LogP contribution in [0, 0.1) is 0 Å². The molecule has 0 aromatic heterocycles. The highest BCUT2D eigenvalue weighted by atomic mass is 16.5. The van der Waals surface area contributed by atoms with Crippen LogP contribution >= 0.6 is 0 Å². The smallest absolute Gasteiger partial charge is 0.266 e. The van der Waals surface area contributed by atoms with Crippen molar-refractivity contribution in [3.8, 4) is 0 Å². The Morgan fingerprint density at radius 3 is 1.79 bits per heavy atom. The summed E-state index contributed by atoms with van der Waals surface area (Å²) in [5.41, 5.74) is -0.0413. The van der Waals surface area contributed by atoms with E-state index in [1.54, 1.807) is 0 Å². The number of allylic oxidation sites excluding steroid dienone is 3. The SMILES string of the molecule is COC1=C(/C=C/C(C)=O)C(=O)C(OC)=C(OC)C1=O. The summed E-state index contributed by atoms with van der Waals surface area (Å²) in [4.78, 5) is 35.1. The largest absolute Gasteiger partial charge is 0.492 e. The number of hydrogen-bond acceptors (Lipinski definition) is 6. The van der Waals surface area contributed by atoms with E-state index in [1.165, 1.54) is 40.4 Å². The second kappa shape index (κ2) is 5.99. The molecule has 0 aliphatic heterocycles. The molecular weight excluding hydrogens is 252 g/mol. The highest BCUT2D eigenvalue weighted by Gasteiger charge is 2.36. The fourth-order valence-electron chi connectivity index (χ4n) is 1.58. The fraction of sp³-hybridized carbons (Fsp3) is 0.308. The lowest BCUT2D eigenvalue weighted by Crippen LogP contribution is -2.26. The van der Waals surface area contributed by atoms with Crippen molar-refractivity contribution in [1.82, 2.24) is 0 Å². The molecule has 0 atom stereocenters. The molecule has 19 heavy (non-hydrogen) atoms. The van der Waals surface area contributed by atoms with Crippen molar-refractivity contribution in [3.63, 3.8) is 0 Å². The Morgan fingerprint density at radius 1 is 0.895 bits per heavy atom. The Bertz CT molecular complexity index is 521. The number of ether oxygens (including phenoxy) is 3. The van der Waals surface area contributed by atoms with Crippen LogP contribution in [0.3, 0.4) is 0 Å². The predicted molar refractivity (Wildman–Crippen MR) is 64.9 cm³/mol. The van der Waals surface area contributed by atoms with Gasteiger partial charge in [0, 0.05) is 0 Å². The van der Waals surface area contributed by atoms with Gasteiger partial charge in [0.1, 0.15) is 0 Å². The molecule has 0 heterocycles. The van der Waals surface area contributed by atoms with E-state index < -0.39 is 11.6 Å². The summed E-state index contributed by atoms with van der Waals surface area (Å²) in [7, 11) is 3.76. The van der Waals surface area contributed by atoms with E-state index in [4.69, 9.17) is 14.2 Å². The van der Waals surface area contributed by atoms with E-state index in [9.17, 15) is 14.4 Å². The number of rotatable bonds is 5. The van der Waals surface area contributed by atoms with Gasteiger partial charge >= 0.3 is 0 Å². The predicted octanol–water partition coefficient (Wildman–Crippen LogP) is 0.688. The van der Waals surface area contributed by atoms with Crippen molar-refractivity contribution in [2.45, 2.75) is 6.92 Å². The number of methoxy groups -OCH3 is 3. The molecule has 0 unspecified atom stereocenters. The molecule has 0 saturated carbocycles. The molecule has 0 spiro atoms. The Hall–Kier alpha value is -2.37. The minimum Gasteiger partial charge on any atom is -0.492 e. The number of hydrogen-bond donors (Lipinski definition) is 0. The van der Waals surface area contributed by atoms with Gasteiger partial charge in [0.25, 0.3) is 5.78 Å². The Labute approximate surface area is 110 Å². The van der Waals surface area contributed by atoms with Crippen LogP contribution in [0.15, 0.2) is 35.0 Å². The molecule has 0 amide bonds. The topological polar surface area (TPSA) is 78.9 Å². The summed E-state index contributed by atoms with van der Waals surface area (Å²) in [6.07, 6.45) is 2.40. The van der Waals surface area contributed by atoms with Crippen molar-refractivity contribution in [1.29, 1.82) is 0 Å². The third-order valence-corrected chi connectivity index (χ3v) is 2.41. The van der Waals surface area contributed by atoms with Gasteiger partial charge in [-0.1, -0.05) is 0 Å². The summed E-state index contributed by atoms with van der Waals surface area (Å²) < 4.78 is 14.7. The molecule has 6 heteroatoms. The van der Waals surface area contributed by atoms with Gasteiger partial charge in [-0.15, -0.1) is 0 Å². The zero-order valence-corrected chi connectivity index (χ0v) is 11.1. The Kier molecular flexibility index (Phi) is 4.63. The zero-order chi connectivity index (χ0) is 14.6. The van der Waals surface area contributed by atoms with Gasteiger partial charge in [0.05, 0.1) is 26.9 Å². The molecule has 0 aromatic carbocycles. The Morgan fingerprint density at radius 2 is 1.37 bits per heavy atom. The average Bonchev–Trinajstić information content (AvgIpc) is 2.38. The van der Waals surface area contributed by atoms with Gasteiger partial charge in [0.15, 0.2) is 11.5 Å². The van der Waals surface area contributed by atoms with Crippen LogP contribution in [0.25, 0.3) is 0 Å². The summed E-state index contributed by atoms with van der Waals surface area (Å²) in [5.74, 6) is -2.05. The minimum atomic E-state index is -0.607. The number of ketones is 3. The maximum atomic E-state index is 12.1. The third-order valence-electron chi connectivity index (χ3n) is 2.41. The lowest BCUT2D eigenvalue weighted by atomic mass is 9.97. The van der Waals surface area contributed by atoms with Gasteiger partial charge in [-0.05, 0) is 19.1 Å². The van der Waals surface area contributed by atoms with Crippen molar-refractivity contribution in [3.05, 3.63) is 35.0 Å².